The number of carbonyl (C=O) groups is 1. The Labute approximate surface area is 125 Å². The molecular weight excluding hydrogens is 268 g/mol. The Morgan fingerprint density at radius 3 is 2.90 bits per heavy atom. The monoisotopic (exact) mass is 292 g/mol. The highest BCUT2D eigenvalue weighted by Crippen LogP contribution is 2.35. The summed E-state index contributed by atoms with van der Waals surface area (Å²) in [6.07, 6.45) is 1.95. The number of pyridine rings is 1. The van der Waals surface area contributed by atoms with Crippen molar-refractivity contribution in [2.24, 2.45) is 5.92 Å². The number of aliphatic hydroxyl groups excluding tert-OH is 1. The van der Waals surface area contributed by atoms with Gasteiger partial charge in [0.2, 0.25) is 0 Å². The molecule has 0 saturated carbocycles. The van der Waals surface area contributed by atoms with E-state index in [9.17, 15) is 9.90 Å². The molecule has 21 heavy (non-hydrogen) atoms. The molecule has 5 nitrogen and oxygen atoms in total. The smallest absolute Gasteiger partial charge is 0.253 e. The Morgan fingerprint density at radius 2 is 2.33 bits per heavy atom. The molecule has 1 aromatic heterocycles. The van der Waals surface area contributed by atoms with Gasteiger partial charge in [-0.25, -0.2) is 0 Å². The first-order valence-corrected chi connectivity index (χ1v) is 7.39. The lowest BCUT2D eigenvalue weighted by Gasteiger charge is -2.22. The topological polar surface area (TPSA) is 71.5 Å². The number of nitrogens with one attached hydrogen (secondary N) is 1. The van der Waals surface area contributed by atoms with Gasteiger partial charge >= 0.3 is 0 Å². The lowest BCUT2D eigenvalue weighted by molar-refractivity contribution is -0.130. The fourth-order valence-corrected chi connectivity index (χ4v) is 2.41. The van der Waals surface area contributed by atoms with Crippen molar-refractivity contribution in [3.8, 4) is 0 Å². The predicted molar refractivity (Wildman–Crippen MR) is 81.1 cm³/mol. The zero-order chi connectivity index (χ0) is 15.6. The number of hydrogen-bond donors (Lipinski definition) is 2. The van der Waals surface area contributed by atoms with Gasteiger partial charge in [0.25, 0.3) is 5.91 Å². The van der Waals surface area contributed by atoms with Crippen LogP contribution in [0.25, 0.3) is 0 Å². The quantitative estimate of drug-likeness (QED) is 0.893. The molecule has 3 atom stereocenters. The van der Waals surface area contributed by atoms with Gasteiger partial charge in [0, 0.05) is 23.5 Å². The van der Waals surface area contributed by atoms with E-state index in [1.165, 1.54) is 0 Å². The van der Waals surface area contributed by atoms with Crippen LogP contribution in [-0.2, 0) is 9.53 Å². The van der Waals surface area contributed by atoms with Crippen LogP contribution in [0.15, 0.2) is 18.3 Å². The Hall–Kier alpha value is -1.46. The molecule has 0 aliphatic carbocycles. The predicted octanol–water partition coefficient (Wildman–Crippen LogP) is 2.32. The molecular formula is C16H24N2O3. The van der Waals surface area contributed by atoms with Crippen molar-refractivity contribution in [3.63, 3.8) is 0 Å². The Kier molecular flexibility index (Phi) is 4.64. The molecule has 1 aromatic rings. The van der Waals surface area contributed by atoms with Crippen molar-refractivity contribution in [2.45, 2.75) is 51.7 Å². The Morgan fingerprint density at radius 1 is 1.62 bits per heavy atom. The second-order valence-electron chi connectivity index (χ2n) is 6.39. The van der Waals surface area contributed by atoms with Crippen LogP contribution in [0.4, 0.5) is 5.69 Å². The average Bonchev–Trinajstić information content (AvgIpc) is 2.72. The van der Waals surface area contributed by atoms with Gasteiger partial charge in [0.05, 0.1) is 12.2 Å². The van der Waals surface area contributed by atoms with E-state index in [1.807, 2.05) is 20.8 Å². The van der Waals surface area contributed by atoms with E-state index in [0.717, 1.165) is 12.1 Å². The first kappa shape index (κ1) is 15.9. The number of amides is 1. The van der Waals surface area contributed by atoms with Crippen molar-refractivity contribution in [1.29, 1.82) is 0 Å². The van der Waals surface area contributed by atoms with E-state index in [1.54, 1.807) is 18.3 Å². The van der Waals surface area contributed by atoms with E-state index < -0.39 is 6.10 Å². The molecule has 1 saturated heterocycles. The van der Waals surface area contributed by atoms with E-state index in [-0.39, 0.29) is 24.0 Å². The summed E-state index contributed by atoms with van der Waals surface area (Å²) >= 11 is 0. The minimum atomic E-state index is -0.415. The van der Waals surface area contributed by atoms with Crippen LogP contribution in [-0.4, -0.2) is 34.3 Å². The van der Waals surface area contributed by atoms with Gasteiger partial charge in [0.15, 0.2) is 0 Å². The summed E-state index contributed by atoms with van der Waals surface area (Å²) in [5.74, 6) is 0.167. The maximum Gasteiger partial charge on any atom is 0.253 e. The summed E-state index contributed by atoms with van der Waals surface area (Å²) in [4.78, 5) is 16.5. The van der Waals surface area contributed by atoms with E-state index in [2.05, 4.69) is 17.2 Å². The van der Waals surface area contributed by atoms with E-state index >= 15 is 0 Å². The van der Waals surface area contributed by atoms with Crippen LogP contribution in [0.3, 0.4) is 0 Å². The third-order valence-corrected chi connectivity index (χ3v) is 4.32. The number of ether oxygens (including phenoxy) is 1. The van der Waals surface area contributed by atoms with Crippen LogP contribution >= 0.6 is 0 Å². The van der Waals surface area contributed by atoms with Crippen LogP contribution in [0, 0.1) is 5.92 Å². The number of nitrogens with zero attached hydrogens (tertiary/aromatic N) is 1. The molecule has 1 fully saturated rings. The van der Waals surface area contributed by atoms with Crippen LogP contribution < -0.4 is 5.32 Å². The lowest BCUT2D eigenvalue weighted by Crippen LogP contribution is -2.31. The largest absolute Gasteiger partial charge is 0.396 e. The normalized spacial score (nSPS) is 25.6. The summed E-state index contributed by atoms with van der Waals surface area (Å²) in [5, 5.41) is 12.0. The van der Waals surface area contributed by atoms with Gasteiger partial charge in [0.1, 0.15) is 6.10 Å². The molecule has 0 spiro atoms. The third kappa shape index (κ3) is 3.60. The number of hydrogen-bond acceptors (Lipinski definition) is 4. The minimum absolute atomic E-state index is 0.0296. The van der Waals surface area contributed by atoms with Crippen molar-refractivity contribution in [1.82, 2.24) is 4.98 Å². The molecule has 0 radical (unpaired) electrons. The molecule has 1 aliphatic rings. The van der Waals surface area contributed by atoms with Gasteiger partial charge in [-0.05, 0) is 38.3 Å². The van der Waals surface area contributed by atoms with Gasteiger partial charge in [-0.3, -0.25) is 9.78 Å². The highest BCUT2D eigenvalue weighted by Gasteiger charge is 2.41. The Bertz CT molecular complexity index is 516. The van der Waals surface area contributed by atoms with Crippen molar-refractivity contribution in [2.75, 3.05) is 11.9 Å². The molecule has 5 heteroatoms. The zero-order valence-corrected chi connectivity index (χ0v) is 13.1. The summed E-state index contributed by atoms with van der Waals surface area (Å²) in [6, 6.07) is 3.54. The maximum absolute atomic E-state index is 12.3. The molecule has 3 unspecified atom stereocenters. The SMILES string of the molecule is CC(CO)c1cc(NC(=O)C2CC(C)C(C)(C)O2)ccn1. The summed E-state index contributed by atoms with van der Waals surface area (Å²) in [5.41, 5.74) is 1.18. The first-order chi connectivity index (χ1) is 9.83. The van der Waals surface area contributed by atoms with Crippen molar-refractivity contribution < 1.29 is 14.6 Å². The van der Waals surface area contributed by atoms with E-state index in [0.29, 0.717) is 11.6 Å². The number of aromatic nitrogens is 1. The molecule has 0 bridgehead atoms. The summed E-state index contributed by atoms with van der Waals surface area (Å²) < 4.78 is 5.83. The molecule has 1 aliphatic heterocycles. The minimum Gasteiger partial charge on any atom is -0.396 e. The maximum atomic E-state index is 12.3. The van der Waals surface area contributed by atoms with Gasteiger partial charge < -0.3 is 15.2 Å². The van der Waals surface area contributed by atoms with Gasteiger partial charge in [-0.2, -0.15) is 0 Å². The van der Waals surface area contributed by atoms with E-state index in [4.69, 9.17) is 4.74 Å². The Balaban J connectivity index is 2.04. The summed E-state index contributed by atoms with van der Waals surface area (Å²) in [6.45, 7) is 8.04. The number of rotatable bonds is 4. The van der Waals surface area contributed by atoms with Crippen molar-refractivity contribution >= 4 is 11.6 Å². The molecule has 2 rings (SSSR count). The second-order valence-corrected chi connectivity index (χ2v) is 6.39. The second kappa shape index (κ2) is 6.12. The fraction of sp³-hybridized carbons (Fsp3) is 0.625. The molecule has 0 aromatic carbocycles. The highest BCUT2D eigenvalue weighted by molar-refractivity contribution is 5.94. The van der Waals surface area contributed by atoms with Gasteiger partial charge in [-0.15, -0.1) is 0 Å². The van der Waals surface area contributed by atoms with Crippen LogP contribution in [0.5, 0.6) is 0 Å². The standard InChI is InChI=1S/C16H24N2O3/c1-10(9-19)13-8-12(5-6-17-13)18-15(20)14-7-11(2)16(3,4)21-14/h5-6,8,10-11,14,19H,7,9H2,1-4H3,(H,17,18,20). The average molecular weight is 292 g/mol. The van der Waals surface area contributed by atoms with Gasteiger partial charge in [-0.1, -0.05) is 13.8 Å². The molecule has 116 valence electrons. The zero-order valence-electron chi connectivity index (χ0n) is 13.1. The molecule has 2 heterocycles. The van der Waals surface area contributed by atoms with Crippen LogP contribution in [0.2, 0.25) is 0 Å². The number of aliphatic hydroxyl groups is 1. The molecule has 2 N–H and O–H groups in total. The third-order valence-electron chi connectivity index (χ3n) is 4.32. The first-order valence-electron chi connectivity index (χ1n) is 7.39. The lowest BCUT2D eigenvalue weighted by atomic mass is 9.92. The van der Waals surface area contributed by atoms with Crippen LogP contribution in [0.1, 0.15) is 45.7 Å². The number of anilines is 1. The fourth-order valence-electron chi connectivity index (χ4n) is 2.41. The van der Waals surface area contributed by atoms with Crippen molar-refractivity contribution in [3.05, 3.63) is 24.0 Å². The molecule has 1 amide bonds. The summed E-state index contributed by atoms with van der Waals surface area (Å²) in [7, 11) is 0. The highest BCUT2D eigenvalue weighted by atomic mass is 16.5. The number of carbonyl (C=O) groups excluding carboxylic acids is 1.